The fraction of sp³-hybridized carbons (Fsp3) is 0.211. The van der Waals surface area contributed by atoms with E-state index in [0.29, 0.717) is 28.4 Å². The number of rotatable bonds is 7. The van der Waals surface area contributed by atoms with Crippen molar-refractivity contribution in [2.24, 2.45) is 0 Å². The molecule has 5 nitrogen and oxygen atoms in total. The summed E-state index contributed by atoms with van der Waals surface area (Å²) >= 11 is 0. The summed E-state index contributed by atoms with van der Waals surface area (Å²) in [6.07, 6.45) is 1.32. The van der Waals surface area contributed by atoms with E-state index in [1.165, 1.54) is 32.4 Å². The molecule has 2 aromatic carbocycles. The number of methoxy groups -OCH3 is 2. The number of benzene rings is 2. The first kappa shape index (κ1) is 18.3. The topological polar surface area (TPSA) is 56.8 Å². The number of para-hydroxylation sites is 1. The van der Waals surface area contributed by atoms with Gasteiger partial charge in [0.2, 0.25) is 0 Å². The van der Waals surface area contributed by atoms with Crippen molar-refractivity contribution < 1.29 is 23.4 Å². The number of nitrogens with one attached hydrogen (secondary N) is 1. The van der Waals surface area contributed by atoms with Crippen LogP contribution in [0.1, 0.15) is 12.5 Å². The maximum Gasteiger partial charge on any atom is 0.332 e. The molecule has 0 heterocycles. The van der Waals surface area contributed by atoms with Gasteiger partial charge in [0.15, 0.2) is 11.5 Å². The highest BCUT2D eigenvalue weighted by molar-refractivity contribution is 5.95. The van der Waals surface area contributed by atoms with Crippen molar-refractivity contribution in [3.05, 3.63) is 59.9 Å². The Hall–Kier alpha value is -3.02. The van der Waals surface area contributed by atoms with Gasteiger partial charge in [-0.3, -0.25) is 0 Å². The fourth-order valence-corrected chi connectivity index (χ4v) is 2.25. The van der Waals surface area contributed by atoms with Crippen molar-refractivity contribution in [2.45, 2.75) is 6.92 Å². The van der Waals surface area contributed by atoms with Gasteiger partial charge in [-0.1, -0.05) is 6.07 Å². The van der Waals surface area contributed by atoms with Gasteiger partial charge in [-0.05, 0) is 48.9 Å². The van der Waals surface area contributed by atoms with Gasteiger partial charge < -0.3 is 19.5 Å². The third kappa shape index (κ3) is 4.73. The normalized spacial score (nSPS) is 11.0. The minimum atomic E-state index is -0.504. The van der Waals surface area contributed by atoms with Crippen LogP contribution in [0.3, 0.4) is 0 Å². The van der Waals surface area contributed by atoms with E-state index in [4.69, 9.17) is 14.2 Å². The molecule has 0 radical (unpaired) electrons. The lowest BCUT2D eigenvalue weighted by Crippen LogP contribution is -2.07. The average molecular weight is 345 g/mol. The zero-order chi connectivity index (χ0) is 18.2. The van der Waals surface area contributed by atoms with E-state index >= 15 is 0 Å². The summed E-state index contributed by atoms with van der Waals surface area (Å²) in [7, 11) is 3.06. The Morgan fingerprint density at radius 1 is 1.12 bits per heavy atom. The Morgan fingerprint density at radius 3 is 2.44 bits per heavy atom. The lowest BCUT2D eigenvalue weighted by atomic mass is 10.1. The predicted octanol–water partition coefficient (Wildman–Crippen LogP) is 3.86. The number of carbonyl (C=O) groups is 1. The Balaban J connectivity index is 2.43. The molecule has 0 aliphatic rings. The molecule has 132 valence electrons. The van der Waals surface area contributed by atoms with Crippen LogP contribution in [0.15, 0.2) is 48.5 Å². The third-order valence-corrected chi connectivity index (χ3v) is 3.38. The van der Waals surface area contributed by atoms with E-state index < -0.39 is 5.97 Å². The molecule has 6 heteroatoms. The number of ether oxygens (including phenoxy) is 3. The van der Waals surface area contributed by atoms with Crippen molar-refractivity contribution in [1.82, 2.24) is 0 Å². The molecule has 0 saturated heterocycles. The molecule has 0 aliphatic carbocycles. The lowest BCUT2D eigenvalue weighted by Gasteiger charge is -2.16. The second kappa shape index (κ2) is 8.73. The summed E-state index contributed by atoms with van der Waals surface area (Å²) in [5, 5.41) is 3.13. The lowest BCUT2D eigenvalue weighted by molar-refractivity contribution is -0.137. The number of anilines is 1. The van der Waals surface area contributed by atoms with Crippen LogP contribution in [-0.2, 0) is 9.53 Å². The van der Waals surface area contributed by atoms with Gasteiger partial charge in [0.25, 0.3) is 0 Å². The smallest absolute Gasteiger partial charge is 0.332 e. The highest BCUT2D eigenvalue weighted by atomic mass is 19.1. The minimum absolute atomic E-state index is 0.258. The zero-order valence-corrected chi connectivity index (χ0v) is 14.3. The zero-order valence-electron chi connectivity index (χ0n) is 14.3. The molecule has 0 spiro atoms. The first-order valence-electron chi connectivity index (χ1n) is 7.71. The van der Waals surface area contributed by atoms with Gasteiger partial charge in [0.1, 0.15) is 5.82 Å². The van der Waals surface area contributed by atoms with Gasteiger partial charge in [-0.2, -0.15) is 0 Å². The molecule has 2 aromatic rings. The molecule has 0 amide bonds. The second-order valence-electron chi connectivity index (χ2n) is 4.98. The predicted molar refractivity (Wildman–Crippen MR) is 94.2 cm³/mol. The van der Waals surface area contributed by atoms with Gasteiger partial charge in [-0.25, -0.2) is 9.18 Å². The van der Waals surface area contributed by atoms with Crippen LogP contribution < -0.4 is 14.8 Å². The van der Waals surface area contributed by atoms with Gasteiger partial charge in [-0.15, -0.1) is 0 Å². The maximum atomic E-state index is 13.2. The molecule has 0 fully saturated rings. The quantitative estimate of drug-likeness (QED) is 0.610. The summed E-state index contributed by atoms with van der Waals surface area (Å²) in [4.78, 5) is 11.9. The standard InChI is InChI=1S/C19H20FNO4/c1-4-25-18(22)12-16(13-8-10-14(20)11-9-13)21-15-6-5-7-17(23-2)19(15)24-3/h5-12,21H,4H2,1-3H3/b16-12+. The summed E-state index contributed by atoms with van der Waals surface area (Å²) in [5.41, 5.74) is 1.67. The minimum Gasteiger partial charge on any atom is -0.493 e. The molecule has 0 atom stereocenters. The van der Waals surface area contributed by atoms with Crippen LogP contribution in [0.2, 0.25) is 0 Å². The molecule has 25 heavy (non-hydrogen) atoms. The Kier molecular flexibility index (Phi) is 6.39. The molecule has 0 unspecified atom stereocenters. The number of carbonyl (C=O) groups excluding carboxylic acids is 1. The summed E-state index contributed by atoms with van der Waals surface area (Å²) in [6, 6.07) is 11.1. The molecular formula is C19H20FNO4. The molecular weight excluding hydrogens is 325 g/mol. The van der Waals surface area contributed by atoms with E-state index in [9.17, 15) is 9.18 Å². The maximum absolute atomic E-state index is 13.2. The molecule has 1 N–H and O–H groups in total. The van der Waals surface area contributed by atoms with E-state index in [1.807, 2.05) is 0 Å². The molecule has 0 aromatic heterocycles. The van der Waals surface area contributed by atoms with E-state index in [0.717, 1.165) is 0 Å². The Morgan fingerprint density at radius 2 is 1.84 bits per heavy atom. The highest BCUT2D eigenvalue weighted by Crippen LogP contribution is 2.36. The fourth-order valence-electron chi connectivity index (χ4n) is 2.25. The Bertz CT molecular complexity index is 757. The van der Waals surface area contributed by atoms with Crippen molar-refractivity contribution in [3.8, 4) is 11.5 Å². The monoisotopic (exact) mass is 345 g/mol. The molecule has 2 rings (SSSR count). The molecule has 0 bridgehead atoms. The van der Waals surface area contributed by atoms with E-state index in [1.54, 1.807) is 37.3 Å². The van der Waals surface area contributed by atoms with Gasteiger partial charge >= 0.3 is 5.97 Å². The van der Waals surface area contributed by atoms with E-state index in [2.05, 4.69) is 5.32 Å². The Labute approximate surface area is 146 Å². The third-order valence-electron chi connectivity index (χ3n) is 3.38. The molecule has 0 saturated carbocycles. The largest absolute Gasteiger partial charge is 0.493 e. The van der Waals surface area contributed by atoms with Crippen molar-refractivity contribution in [3.63, 3.8) is 0 Å². The number of esters is 1. The van der Waals surface area contributed by atoms with Crippen molar-refractivity contribution >= 4 is 17.4 Å². The summed E-state index contributed by atoms with van der Waals surface area (Å²) < 4.78 is 28.8. The van der Waals surface area contributed by atoms with Crippen LogP contribution in [0.4, 0.5) is 10.1 Å². The first-order valence-corrected chi connectivity index (χ1v) is 7.71. The SMILES string of the molecule is CCOC(=O)/C=C(/Nc1cccc(OC)c1OC)c1ccc(F)cc1. The van der Waals surface area contributed by atoms with Crippen LogP contribution in [0.5, 0.6) is 11.5 Å². The van der Waals surface area contributed by atoms with Gasteiger partial charge in [0.05, 0.1) is 32.2 Å². The average Bonchev–Trinajstić information content (AvgIpc) is 2.61. The van der Waals surface area contributed by atoms with Crippen molar-refractivity contribution in [2.75, 3.05) is 26.1 Å². The number of halogens is 1. The van der Waals surface area contributed by atoms with Crippen LogP contribution in [0.25, 0.3) is 5.70 Å². The van der Waals surface area contributed by atoms with Gasteiger partial charge in [0, 0.05) is 6.08 Å². The molecule has 0 aliphatic heterocycles. The first-order chi connectivity index (χ1) is 12.1. The second-order valence-corrected chi connectivity index (χ2v) is 4.98. The van der Waals surface area contributed by atoms with Crippen LogP contribution >= 0.6 is 0 Å². The highest BCUT2D eigenvalue weighted by Gasteiger charge is 2.13. The number of hydrogen-bond donors (Lipinski definition) is 1. The summed E-state index contributed by atoms with van der Waals surface area (Å²) in [6.45, 7) is 1.98. The van der Waals surface area contributed by atoms with E-state index in [-0.39, 0.29) is 12.4 Å². The summed E-state index contributed by atoms with van der Waals surface area (Å²) in [5.74, 6) is 0.165. The number of hydrogen-bond acceptors (Lipinski definition) is 5. The van der Waals surface area contributed by atoms with Crippen LogP contribution in [0, 0.1) is 5.82 Å². The van der Waals surface area contributed by atoms with Crippen LogP contribution in [-0.4, -0.2) is 26.8 Å². The van der Waals surface area contributed by atoms with Crippen molar-refractivity contribution in [1.29, 1.82) is 0 Å².